The number of carbonyl (C=O) groups is 1. The van der Waals surface area contributed by atoms with Gasteiger partial charge in [0.1, 0.15) is 11.5 Å². The molecule has 2 aromatic heterocycles. The second kappa shape index (κ2) is 10.3. The molecule has 0 spiro atoms. The number of hydrogen-bond donors (Lipinski definition) is 3. The van der Waals surface area contributed by atoms with Gasteiger partial charge in [0.2, 0.25) is 11.7 Å². The summed E-state index contributed by atoms with van der Waals surface area (Å²) in [6, 6.07) is 15.5. The first kappa shape index (κ1) is 25.0. The SMILES string of the molecule is CC(C)(C)c1cc(C(=O)Nc2nonc2/C(=N\O)Nc2ccc(F)c(Br)c2)n(Cc2ccccc2)n1. The van der Waals surface area contributed by atoms with Crippen LogP contribution < -0.4 is 10.6 Å². The van der Waals surface area contributed by atoms with Gasteiger partial charge in [0.25, 0.3) is 5.91 Å². The minimum Gasteiger partial charge on any atom is -0.409 e. The monoisotopic (exact) mass is 555 g/mol. The van der Waals surface area contributed by atoms with Crippen LogP contribution >= 0.6 is 15.9 Å². The summed E-state index contributed by atoms with van der Waals surface area (Å²) in [5.41, 5.74) is 2.06. The molecule has 3 N–H and O–H groups in total. The molecule has 10 nitrogen and oxygen atoms in total. The number of halogens is 2. The number of amidine groups is 1. The van der Waals surface area contributed by atoms with E-state index in [-0.39, 0.29) is 27.2 Å². The summed E-state index contributed by atoms with van der Waals surface area (Å²) in [5.74, 6) is -1.21. The van der Waals surface area contributed by atoms with Crippen LogP contribution in [0.25, 0.3) is 0 Å². The fraction of sp³-hybridized carbons (Fsp3) is 0.208. The molecule has 1 amide bonds. The maximum absolute atomic E-state index is 13.6. The number of amides is 1. The van der Waals surface area contributed by atoms with Crippen LogP contribution in [0.2, 0.25) is 0 Å². The summed E-state index contributed by atoms with van der Waals surface area (Å²) >= 11 is 3.10. The van der Waals surface area contributed by atoms with Crippen molar-refractivity contribution < 1.29 is 19.0 Å². The Hall–Kier alpha value is -4.06. The molecule has 0 atom stereocenters. The molecule has 0 saturated heterocycles. The van der Waals surface area contributed by atoms with Crippen molar-refractivity contribution in [1.29, 1.82) is 0 Å². The van der Waals surface area contributed by atoms with E-state index in [4.69, 9.17) is 4.63 Å². The largest absolute Gasteiger partial charge is 0.409 e. The molecule has 4 aromatic rings. The lowest BCUT2D eigenvalue weighted by molar-refractivity contribution is 0.101. The Morgan fingerprint density at radius 3 is 2.56 bits per heavy atom. The topological polar surface area (TPSA) is 130 Å². The minimum absolute atomic E-state index is 0.0588. The first-order valence-electron chi connectivity index (χ1n) is 10.9. The van der Waals surface area contributed by atoms with Gasteiger partial charge in [0.15, 0.2) is 5.69 Å². The predicted molar refractivity (Wildman–Crippen MR) is 135 cm³/mol. The number of benzene rings is 2. The minimum atomic E-state index is -0.507. The summed E-state index contributed by atoms with van der Waals surface area (Å²) in [6.45, 7) is 6.40. The number of hydrogen-bond acceptors (Lipinski definition) is 7. The lowest BCUT2D eigenvalue weighted by atomic mass is 9.92. The third kappa shape index (κ3) is 5.60. The Morgan fingerprint density at radius 2 is 1.89 bits per heavy atom. The Morgan fingerprint density at radius 1 is 1.14 bits per heavy atom. The third-order valence-electron chi connectivity index (χ3n) is 5.18. The zero-order chi connectivity index (χ0) is 25.9. The molecule has 0 saturated carbocycles. The van der Waals surface area contributed by atoms with Gasteiger partial charge in [-0.15, -0.1) is 0 Å². The molecule has 0 bridgehead atoms. The number of oxime groups is 1. The quantitative estimate of drug-likeness (QED) is 0.132. The van der Waals surface area contributed by atoms with Crippen molar-refractivity contribution in [2.24, 2.45) is 5.16 Å². The molecule has 0 aliphatic heterocycles. The van der Waals surface area contributed by atoms with Crippen LogP contribution in [0.15, 0.2) is 68.9 Å². The molecule has 0 radical (unpaired) electrons. The second-order valence-electron chi connectivity index (χ2n) is 8.93. The third-order valence-corrected chi connectivity index (χ3v) is 5.79. The van der Waals surface area contributed by atoms with E-state index in [0.29, 0.717) is 17.9 Å². The predicted octanol–water partition coefficient (Wildman–Crippen LogP) is 5.01. The maximum Gasteiger partial charge on any atom is 0.275 e. The number of aromatic nitrogens is 4. The van der Waals surface area contributed by atoms with Crippen molar-refractivity contribution >= 4 is 39.2 Å². The molecule has 36 heavy (non-hydrogen) atoms. The highest BCUT2D eigenvalue weighted by Gasteiger charge is 2.26. The van der Waals surface area contributed by atoms with Gasteiger partial charge in [0, 0.05) is 11.1 Å². The van der Waals surface area contributed by atoms with Gasteiger partial charge in [-0.3, -0.25) is 9.48 Å². The summed E-state index contributed by atoms with van der Waals surface area (Å²) in [5, 5.41) is 30.3. The van der Waals surface area contributed by atoms with Gasteiger partial charge >= 0.3 is 0 Å². The van der Waals surface area contributed by atoms with Crippen LogP contribution in [0, 0.1) is 5.82 Å². The number of carbonyl (C=O) groups excluding carboxylic acids is 1. The molecular formula is C24H23BrFN7O3. The highest BCUT2D eigenvalue weighted by molar-refractivity contribution is 9.10. The summed E-state index contributed by atoms with van der Waals surface area (Å²) < 4.78 is 20.2. The molecular weight excluding hydrogens is 533 g/mol. The molecule has 0 unspecified atom stereocenters. The smallest absolute Gasteiger partial charge is 0.275 e. The average Bonchev–Trinajstić information content (AvgIpc) is 3.47. The summed E-state index contributed by atoms with van der Waals surface area (Å²) in [4.78, 5) is 13.3. The normalized spacial score (nSPS) is 12.0. The van der Waals surface area contributed by atoms with Gasteiger partial charge in [-0.2, -0.15) is 5.10 Å². The Kier molecular flexibility index (Phi) is 7.15. The first-order chi connectivity index (χ1) is 17.2. The average molecular weight is 556 g/mol. The van der Waals surface area contributed by atoms with Crippen molar-refractivity contribution in [2.75, 3.05) is 10.6 Å². The zero-order valence-corrected chi connectivity index (χ0v) is 21.2. The fourth-order valence-corrected chi connectivity index (χ4v) is 3.66. The van der Waals surface area contributed by atoms with E-state index in [9.17, 15) is 14.4 Å². The zero-order valence-electron chi connectivity index (χ0n) is 19.7. The second-order valence-corrected chi connectivity index (χ2v) is 9.78. The Bertz CT molecular complexity index is 1410. The van der Waals surface area contributed by atoms with Crippen molar-refractivity contribution in [3.05, 3.63) is 87.5 Å². The van der Waals surface area contributed by atoms with E-state index in [1.165, 1.54) is 18.2 Å². The van der Waals surface area contributed by atoms with Crippen LogP contribution in [0.1, 0.15) is 48.2 Å². The number of nitrogens with zero attached hydrogens (tertiary/aromatic N) is 5. The molecule has 0 aliphatic carbocycles. The highest BCUT2D eigenvalue weighted by atomic mass is 79.9. The number of rotatable bonds is 6. The van der Waals surface area contributed by atoms with Gasteiger partial charge in [-0.05, 0) is 56.1 Å². The van der Waals surface area contributed by atoms with Crippen LogP contribution in [0.3, 0.4) is 0 Å². The summed E-state index contributed by atoms with van der Waals surface area (Å²) in [7, 11) is 0. The molecule has 186 valence electrons. The van der Waals surface area contributed by atoms with E-state index in [1.54, 1.807) is 10.7 Å². The van der Waals surface area contributed by atoms with Crippen molar-refractivity contribution in [3.63, 3.8) is 0 Å². The van der Waals surface area contributed by atoms with Crippen molar-refractivity contribution in [3.8, 4) is 0 Å². The van der Waals surface area contributed by atoms with E-state index >= 15 is 0 Å². The Balaban J connectivity index is 1.60. The fourth-order valence-electron chi connectivity index (χ4n) is 3.28. The van der Waals surface area contributed by atoms with Crippen LogP contribution in [-0.2, 0) is 12.0 Å². The number of nitrogens with one attached hydrogen (secondary N) is 2. The maximum atomic E-state index is 13.6. The van der Waals surface area contributed by atoms with Gasteiger partial charge in [-0.25, -0.2) is 9.02 Å². The standard InChI is InChI=1S/C24H23BrFN7O3/c1-24(2,3)19-12-18(33(29-19)13-14-7-5-4-6-8-14)23(34)28-22-20(31-36-32-22)21(30-35)27-15-9-10-17(26)16(25)11-15/h4-12,35H,13H2,1-3H3,(H,27,30)(H,28,32,34). The molecule has 0 fully saturated rings. The van der Waals surface area contributed by atoms with Crippen LogP contribution in [0.4, 0.5) is 15.9 Å². The van der Waals surface area contributed by atoms with E-state index in [2.05, 4.69) is 47.1 Å². The van der Waals surface area contributed by atoms with Crippen LogP contribution in [-0.4, -0.2) is 37.0 Å². The molecule has 4 rings (SSSR count). The first-order valence-corrected chi connectivity index (χ1v) is 11.7. The van der Waals surface area contributed by atoms with E-state index < -0.39 is 11.7 Å². The summed E-state index contributed by atoms with van der Waals surface area (Å²) in [6.07, 6.45) is 0. The van der Waals surface area contributed by atoms with Gasteiger partial charge in [-0.1, -0.05) is 56.3 Å². The lowest BCUT2D eigenvalue weighted by Crippen LogP contribution is -2.22. The lowest BCUT2D eigenvalue weighted by Gasteiger charge is -2.14. The van der Waals surface area contributed by atoms with Gasteiger partial charge in [0.05, 0.1) is 16.7 Å². The number of anilines is 2. The van der Waals surface area contributed by atoms with Gasteiger partial charge < -0.3 is 15.8 Å². The molecule has 2 heterocycles. The van der Waals surface area contributed by atoms with Crippen molar-refractivity contribution in [2.45, 2.75) is 32.7 Å². The van der Waals surface area contributed by atoms with Crippen LogP contribution in [0.5, 0.6) is 0 Å². The molecule has 12 heteroatoms. The van der Waals surface area contributed by atoms with E-state index in [0.717, 1.165) is 11.3 Å². The Labute approximate surface area is 214 Å². The molecule has 2 aromatic carbocycles. The molecule has 0 aliphatic rings. The highest BCUT2D eigenvalue weighted by Crippen LogP contribution is 2.24. The van der Waals surface area contributed by atoms with Crippen molar-refractivity contribution in [1.82, 2.24) is 20.1 Å². The van der Waals surface area contributed by atoms with E-state index in [1.807, 2.05) is 51.1 Å².